The van der Waals surface area contributed by atoms with Crippen LogP contribution in [0.25, 0.3) is 0 Å². The normalized spacial score (nSPS) is 29.1. The first kappa shape index (κ1) is 14.8. The van der Waals surface area contributed by atoms with Crippen molar-refractivity contribution in [2.24, 2.45) is 0 Å². The third-order valence-corrected chi connectivity index (χ3v) is 5.52. The Hall–Kier alpha value is -1.10. The zero-order chi connectivity index (χ0) is 14.9. The van der Waals surface area contributed by atoms with Gasteiger partial charge in [0.15, 0.2) is 0 Å². The number of ether oxygens (including phenoxy) is 1. The SMILES string of the molecule is CC1(N2CCC(=O)NC3(CCCCC3)C2=O)CCOCC1. The van der Waals surface area contributed by atoms with Crippen LogP contribution < -0.4 is 5.32 Å². The molecule has 3 aliphatic rings. The van der Waals surface area contributed by atoms with Gasteiger partial charge < -0.3 is 15.0 Å². The third kappa shape index (κ3) is 2.68. The summed E-state index contributed by atoms with van der Waals surface area (Å²) in [4.78, 5) is 27.4. The van der Waals surface area contributed by atoms with E-state index in [0.717, 1.165) is 44.9 Å². The van der Waals surface area contributed by atoms with Crippen LogP contribution in [-0.4, -0.2) is 47.6 Å². The predicted octanol–water partition coefficient (Wildman–Crippen LogP) is 1.61. The lowest BCUT2D eigenvalue weighted by atomic mass is 9.79. The molecular weight excluding hydrogens is 268 g/mol. The summed E-state index contributed by atoms with van der Waals surface area (Å²) >= 11 is 0. The van der Waals surface area contributed by atoms with E-state index in [2.05, 4.69) is 12.2 Å². The van der Waals surface area contributed by atoms with Gasteiger partial charge in [-0.2, -0.15) is 0 Å². The lowest BCUT2D eigenvalue weighted by molar-refractivity contribution is -0.149. The summed E-state index contributed by atoms with van der Waals surface area (Å²) in [7, 11) is 0. The molecule has 2 aliphatic heterocycles. The molecule has 118 valence electrons. The molecule has 5 nitrogen and oxygen atoms in total. The average molecular weight is 294 g/mol. The molecule has 0 aromatic carbocycles. The summed E-state index contributed by atoms with van der Waals surface area (Å²) in [6, 6.07) is 0. The molecule has 3 rings (SSSR count). The predicted molar refractivity (Wildman–Crippen MR) is 78.7 cm³/mol. The smallest absolute Gasteiger partial charge is 0.248 e. The van der Waals surface area contributed by atoms with Gasteiger partial charge in [0.05, 0.1) is 0 Å². The monoisotopic (exact) mass is 294 g/mol. The van der Waals surface area contributed by atoms with E-state index in [1.807, 2.05) is 4.90 Å². The van der Waals surface area contributed by atoms with Crippen molar-refractivity contribution in [3.05, 3.63) is 0 Å². The van der Waals surface area contributed by atoms with Crippen LogP contribution in [0.3, 0.4) is 0 Å². The molecule has 0 aromatic rings. The highest BCUT2D eigenvalue weighted by Crippen LogP contribution is 2.36. The van der Waals surface area contributed by atoms with Crippen LogP contribution in [0.15, 0.2) is 0 Å². The van der Waals surface area contributed by atoms with Crippen molar-refractivity contribution in [3.63, 3.8) is 0 Å². The van der Waals surface area contributed by atoms with Crippen molar-refractivity contribution in [1.29, 1.82) is 0 Å². The highest BCUT2D eigenvalue weighted by Gasteiger charge is 2.49. The van der Waals surface area contributed by atoms with E-state index in [4.69, 9.17) is 4.74 Å². The van der Waals surface area contributed by atoms with Gasteiger partial charge in [-0.25, -0.2) is 0 Å². The second kappa shape index (κ2) is 5.59. The maximum absolute atomic E-state index is 13.2. The molecule has 1 N–H and O–H groups in total. The standard InChI is InChI=1S/C16H26N2O3/c1-15(8-11-21-12-9-15)18-10-5-13(19)17-16(14(18)20)6-3-2-4-7-16/h2-12H2,1H3,(H,17,19). The summed E-state index contributed by atoms with van der Waals surface area (Å²) in [6.45, 7) is 4.10. The molecule has 1 spiro atoms. The Labute approximate surface area is 126 Å². The summed E-state index contributed by atoms with van der Waals surface area (Å²) in [5, 5.41) is 3.07. The number of nitrogens with zero attached hydrogens (tertiary/aromatic N) is 1. The molecular formula is C16H26N2O3. The van der Waals surface area contributed by atoms with Crippen LogP contribution in [0.4, 0.5) is 0 Å². The second-order valence-corrected chi connectivity index (χ2v) is 7.01. The molecule has 1 aliphatic carbocycles. The van der Waals surface area contributed by atoms with Crippen LogP contribution >= 0.6 is 0 Å². The fraction of sp³-hybridized carbons (Fsp3) is 0.875. The van der Waals surface area contributed by atoms with E-state index in [9.17, 15) is 9.59 Å². The van der Waals surface area contributed by atoms with Gasteiger partial charge in [0.2, 0.25) is 11.8 Å². The summed E-state index contributed by atoms with van der Waals surface area (Å²) in [6.07, 6.45) is 6.95. The maximum atomic E-state index is 13.2. The van der Waals surface area contributed by atoms with Crippen LogP contribution in [0.5, 0.6) is 0 Å². The summed E-state index contributed by atoms with van der Waals surface area (Å²) in [5.74, 6) is 0.181. The van der Waals surface area contributed by atoms with Crippen molar-refractivity contribution < 1.29 is 14.3 Å². The Morgan fingerprint density at radius 2 is 1.71 bits per heavy atom. The highest BCUT2D eigenvalue weighted by molar-refractivity contribution is 5.94. The number of amides is 2. The van der Waals surface area contributed by atoms with Crippen LogP contribution in [0.1, 0.15) is 58.3 Å². The molecule has 0 unspecified atom stereocenters. The van der Waals surface area contributed by atoms with Crippen LogP contribution in [-0.2, 0) is 14.3 Å². The van der Waals surface area contributed by atoms with Crippen molar-refractivity contribution in [2.75, 3.05) is 19.8 Å². The zero-order valence-electron chi connectivity index (χ0n) is 13.0. The van der Waals surface area contributed by atoms with Crippen molar-refractivity contribution in [2.45, 2.75) is 69.4 Å². The van der Waals surface area contributed by atoms with E-state index in [0.29, 0.717) is 26.2 Å². The third-order valence-electron chi connectivity index (χ3n) is 5.52. The van der Waals surface area contributed by atoms with Gasteiger partial charge in [-0.05, 0) is 32.6 Å². The molecule has 2 amide bonds. The minimum Gasteiger partial charge on any atom is -0.381 e. The first-order chi connectivity index (χ1) is 10.1. The van der Waals surface area contributed by atoms with Crippen LogP contribution in [0, 0.1) is 0 Å². The number of rotatable bonds is 1. The average Bonchev–Trinajstić information content (AvgIpc) is 2.59. The quantitative estimate of drug-likeness (QED) is 0.799. The minimum absolute atomic E-state index is 0.0309. The summed E-state index contributed by atoms with van der Waals surface area (Å²) in [5.41, 5.74) is -0.792. The van der Waals surface area contributed by atoms with E-state index in [1.165, 1.54) is 0 Å². The molecule has 0 radical (unpaired) electrons. The van der Waals surface area contributed by atoms with Gasteiger partial charge in [-0.3, -0.25) is 9.59 Å². The van der Waals surface area contributed by atoms with E-state index >= 15 is 0 Å². The van der Waals surface area contributed by atoms with Crippen molar-refractivity contribution in [3.8, 4) is 0 Å². The van der Waals surface area contributed by atoms with E-state index < -0.39 is 5.54 Å². The molecule has 2 saturated heterocycles. The summed E-state index contributed by atoms with van der Waals surface area (Å²) < 4.78 is 5.46. The van der Waals surface area contributed by atoms with Gasteiger partial charge in [0.25, 0.3) is 0 Å². The van der Waals surface area contributed by atoms with Gasteiger partial charge >= 0.3 is 0 Å². The fourth-order valence-corrected chi connectivity index (χ4v) is 4.05. The first-order valence-corrected chi connectivity index (χ1v) is 8.27. The van der Waals surface area contributed by atoms with Gasteiger partial charge in [-0.15, -0.1) is 0 Å². The second-order valence-electron chi connectivity index (χ2n) is 7.01. The molecule has 0 atom stereocenters. The van der Waals surface area contributed by atoms with Crippen LogP contribution in [0.2, 0.25) is 0 Å². The largest absolute Gasteiger partial charge is 0.381 e. The minimum atomic E-state index is -0.632. The molecule has 0 aromatic heterocycles. The highest BCUT2D eigenvalue weighted by atomic mass is 16.5. The molecule has 1 saturated carbocycles. The number of carbonyl (C=O) groups excluding carboxylic acids is 2. The fourth-order valence-electron chi connectivity index (χ4n) is 4.05. The maximum Gasteiger partial charge on any atom is 0.248 e. The molecule has 21 heavy (non-hydrogen) atoms. The van der Waals surface area contributed by atoms with Gasteiger partial charge in [0.1, 0.15) is 5.54 Å². The molecule has 5 heteroatoms. The lowest BCUT2D eigenvalue weighted by Crippen LogP contribution is -2.63. The number of hydrogen-bond donors (Lipinski definition) is 1. The zero-order valence-corrected chi connectivity index (χ0v) is 13.0. The Morgan fingerprint density at radius 1 is 1.05 bits per heavy atom. The topological polar surface area (TPSA) is 58.6 Å². The Kier molecular flexibility index (Phi) is 3.95. The lowest BCUT2D eigenvalue weighted by Gasteiger charge is -2.47. The Balaban J connectivity index is 1.89. The van der Waals surface area contributed by atoms with Gasteiger partial charge in [0, 0.05) is 31.7 Å². The Morgan fingerprint density at radius 3 is 2.38 bits per heavy atom. The number of nitrogens with one attached hydrogen (secondary N) is 1. The number of carbonyl (C=O) groups is 2. The van der Waals surface area contributed by atoms with Gasteiger partial charge in [-0.1, -0.05) is 19.3 Å². The molecule has 0 bridgehead atoms. The van der Waals surface area contributed by atoms with Crippen molar-refractivity contribution >= 4 is 11.8 Å². The van der Waals surface area contributed by atoms with Crippen molar-refractivity contribution in [1.82, 2.24) is 10.2 Å². The molecule has 3 fully saturated rings. The first-order valence-electron chi connectivity index (χ1n) is 8.27. The Bertz CT molecular complexity index is 423. The van der Waals surface area contributed by atoms with E-state index in [-0.39, 0.29) is 17.4 Å². The number of hydrogen-bond acceptors (Lipinski definition) is 3. The molecule has 2 heterocycles. The van der Waals surface area contributed by atoms with E-state index in [1.54, 1.807) is 0 Å².